The van der Waals surface area contributed by atoms with Crippen LogP contribution in [-0.4, -0.2) is 24.4 Å². The van der Waals surface area contributed by atoms with E-state index in [4.69, 9.17) is 0 Å². The molecule has 1 atom stereocenters. The predicted molar refractivity (Wildman–Crippen MR) is 81.8 cm³/mol. The van der Waals surface area contributed by atoms with Gasteiger partial charge in [0.1, 0.15) is 6.04 Å². The molecule has 0 spiro atoms. The maximum Gasteiger partial charge on any atom is 0.242 e. The molecule has 1 aliphatic rings. The van der Waals surface area contributed by atoms with Crippen molar-refractivity contribution in [2.45, 2.75) is 25.3 Å². The third-order valence-corrected chi connectivity index (χ3v) is 3.85. The molecule has 2 N–H and O–H groups in total. The minimum atomic E-state index is -0.388. The predicted octanol–water partition coefficient (Wildman–Crippen LogP) is 1.78. The number of benzene rings is 2. The van der Waals surface area contributed by atoms with Gasteiger partial charge in [-0.2, -0.15) is 0 Å². The molecule has 1 heterocycles. The Morgan fingerprint density at radius 1 is 1.19 bits per heavy atom. The largest absolute Gasteiger partial charge is 0.354 e. The van der Waals surface area contributed by atoms with E-state index in [1.165, 1.54) is 0 Å². The molecule has 108 valence electrons. The fraction of sp³-hybridized carbons (Fsp3) is 0.294. The third kappa shape index (κ3) is 3.05. The van der Waals surface area contributed by atoms with Crippen molar-refractivity contribution in [1.82, 2.24) is 10.6 Å². The first-order valence-electron chi connectivity index (χ1n) is 7.28. The molecule has 4 nitrogen and oxygen atoms in total. The first-order valence-corrected chi connectivity index (χ1v) is 7.28. The Labute approximate surface area is 123 Å². The lowest BCUT2D eigenvalue weighted by atomic mass is 10.0. The summed E-state index contributed by atoms with van der Waals surface area (Å²) in [7, 11) is 0. The van der Waals surface area contributed by atoms with Crippen LogP contribution in [0, 0.1) is 0 Å². The summed E-state index contributed by atoms with van der Waals surface area (Å²) in [4.78, 5) is 23.8. The fourth-order valence-corrected chi connectivity index (χ4v) is 2.77. The lowest BCUT2D eigenvalue weighted by molar-refractivity contribution is -0.129. The normalized spacial score (nSPS) is 18.3. The van der Waals surface area contributed by atoms with Gasteiger partial charge in [0.25, 0.3) is 0 Å². The summed E-state index contributed by atoms with van der Waals surface area (Å²) in [5.74, 6) is -0.180. The molecule has 2 aromatic rings. The van der Waals surface area contributed by atoms with Crippen LogP contribution in [0.4, 0.5) is 0 Å². The zero-order valence-corrected chi connectivity index (χ0v) is 11.8. The summed E-state index contributed by atoms with van der Waals surface area (Å²) in [6.45, 7) is 0.703. The first kappa shape index (κ1) is 13.6. The van der Waals surface area contributed by atoms with Crippen LogP contribution < -0.4 is 10.6 Å². The Morgan fingerprint density at radius 3 is 2.86 bits per heavy atom. The van der Waals surface area contributed by atoms with Crippen LogP contribution in [0.15, 0.2) is 42.5 Å². The summed E-state index contributed by atoms with van der Waals surface area (Å²) in [6.07, 6.45) is 1.92. The van der Waals surface area contributed by atoms with Gasteiger partial charge in [0.2, 0.25) is 11.8 Å². The van der Waals surface area contributed by atoms with Gasteiger partial charge in [0, 0.05) is 6.54 Å². The molecule has 2 amide bonds. The maximum atomic E-state index is 12.2. The summed E-state index contributed by atoms with van der Waals surface area (Å²) >= 11 is 0. The quantitative estimate of drug-likeness (QED) is 0.901. The van der Waals surface area contributed by atoms with Gasteiger partial charge in [-0.1, -0.05) is 42.5 Å². The molecule has 0 saturated carbocycles. The number of carbonyl (C=O) groups is 2. The van der Waals surface area contributed by atoms with Crippen LogP contribution in [0.3, 0.4) is 0 Å². The van der Waals surface area contributed by atoms with Crippen LogP contribution in [0.2, 0.25) is 0 Å². The van der Waals surface area contributed by atoms with Gasteiger partial charge in [-0.05, 0) is 29.2 Å². The molecule has 1 aliphatic heterocycles. The minimum Gasteiger partial charge on any atom is -0.354 e. The molecule has 0 aromatic heterocycles. The van der Waals surface area contributed by atoms with Gasteiger partial charge in [0.15, 0.2) is 0 Å². The standard InChI is InChI=1S/C17H18N2O2/c20-16(19-15-9-4-10-18-17(15)21)11-13-7-3-6-12-5-1-2-8-14(12)13/h1-3,5-8,15H,4,9-11H2,(H,18,21)(H,19,20)/t15-/m0/s1. The van der Waals surface area contributed by atoms with Crippen molar-refractivity contribution >= 4 is 22.6 Å². The number of hydrogen-bond acceptors (Lipinski definition) is 2. The van der Waals surface area contributed by atoms with Gasteiger partial charge in [-0.25, -0.2) is 0 Å². The highest BCUT2D eigenvalue weighted by Crippen LogP contribution is 2.19. The van der Waals surface area contributed by atoms with Gasteiger partial charge in [0.05, 0.1) is 6.42 Å². The summed E-state index contributed by atoms with van der Waals surface area (Å²) in [6, 6.07) is 13.6. The van der Waals surface area contributed by atoms with Crippen LogP contribution in [-0.2, 0) is 16.0 Å². The van der Waals surface area contributed by atoms with E-state index in [1.807, 2.05) is 42.5 Å². The monoisotopic (exact) mass is 282 g/mol. The number of hydrogen-bond donors (Lipinski definition) is 2. The Kier molecular flexibility index (Phi) is 3.86. The molecule has 1 saturated heterocycles. The summed E-state index contributed by atoms with van der Waals surface area (Å²) in [5, 5.41) is 7.82. The Bertz CT molecular complexity index is 676. The van der Waals surface area contributed by atoms with E-state index in [0.29, 0.717) is 19.4 Å². The van der Waals surface area contributed by atoms with E-state index in [1.54, 1.807) is 0 Å². The highest BCUT2D eigenvalue weighted by atomic mass is 16.2. The van der Waals surface area contributed by atoms with Gasteiger partial charge >= 0.3 is 0 Å². The van der Waals surface area contributed by atoms with Crippen LogP contribution in [0.5, 0.6) is 0 Å². The second-order valence-corrected chi connectivity index (χ2v) is 5.37. The molecule has 3 rings (SSSR count). The number of piperidine rings is 1. The Morgan fingerprint density at radius 2 is 2.00 bits per heavy atom. The van der Waals surface area contributed by atoms with Crippen molar-refractivity contribution in [2.24, 2.45) is 0 Å². The average Bonchev–Trinajstić information content (AvgIpc) is 2.50. The average molecular weight is 282 g/mol. The lowest BCUT2D eigenvalue weighted by Crippen LogP contribution is -2.50. The van der Waals surface area contributed by atoms with Crippen molar-refractivity contribution in [3.05, 3.63) is 48.0 Å². The number of amides is 2. The van der Waals surface area contributed by atoms with Gasteiger partial charge < -0.3 is 10.6 Å². The SMILES string of the molecule is O=C(Cc1cccc2ccccc12)N[C@H]1CCCNC1=O. The zero-order valence-electron chi connectivity index (χ0n) is 11.8. The second-order valence-electron chi connectivity index (χ2n) is 5.37. The highest BCUT2D eigenvalue weighted by Gasteiger charge is 2.23. The summed E-state index contributed by atoms with van der Waals surface area (Å²) < 4.78 is 0. The van der Waals surface area contributed by atoms with Gasteiger partial charge in [-0.15, -0.1) is 0 Å². The smallest absolute Gasteiger partial charge is 0.242 e. The van der Waals surface area contributed by atoms with E-state index >= 15 is 0 Å². The first-order chi connectivity index (χ1) is 10.2. The molecule has 21 heavy (non-hydrogen) atoms. The molecule has 0 radical (unpaired) electrons. The van der Waals surface area contributed by atoms with Gasteiger partial charge in [-0.3, -0.25) is 9.59 Å². The molecule has 0 unspecified atom stereocenters. The highest BCUT2D eigenvalue weighted by molar-refractivity contribution is 5.92. The topological polar surface area (TPSA) is 58.2 Å². The minimum absolute atomic E-state index is 0.0764. The van der Waals surface area contributed by atoms with E-state index in [9.17, 15) is 9.59 Å². The van der Waals surface area contributed by atoms with Crippen molar-refractivity contribution in [1.29, 1.82) is 0 Å². The lowest BCUT2D eigenvalue weighted by Gasteiger charge is -2.22. The van der Waals surface area contributed by atoms with E-state index in [0.717, 1.165) is 22.8 Å². The van der Waals surface area contributed by atoms with Crippen molar-refractivity contribution < 1.29 is 9.59 Å². The molecule has 1 fully saturated rings. The number of rotatable bonds is 3. The molecule has 0 aliphatic carbocycles. The zero-order chi connectivity index (χ0) is 14.7. The van der Waals surface area contributed by atoms with Crippen LogP contribution in [0.1, 0.15) is 18.4 Å². The molecular weight excluding hydrogens is 264 g/mol. The third-order valence-electron chi connectivity index (χ3n) is 3.85. The maximum absolute atomic E-state index is 12.2. The molecule has 0 bridgehead atoms. The molecule has 4 heteroatoms. The van der Waals surface area contributed by atoms with Crippen molar-refractivity contribution in [3.63, 3.8) is 0 Å². The number of nitrogens with one attached hydrogen (secondary N) is 2. The number of carbonyl (C=O) groups excluding carboxylic acids is 2. The van der Waals surface area contributed by atoms with Crippen LogP contribution in [0.25, 0.3) is 10.8 Å². The van der Waals surface area contributed by atoms with Crippen molar-refractivity contribution in [2.75, 3.05) is 6.54 Å². The van der Waals surface area contributed by atoms with E-state index < -0.39 is 0 Å². The number of fused-ring (bicyclic) bond motifs is 1. The Hall–Kier alpha value is -2.36. The molecule has 2 aromatic carbocycles. The van der Waals surface area contributed by atoms with E-state index in [2.05, 4.69) is 10.6 Å². The Balaban J connectivity index is 1.73. The molecular formula is C17H18N2O2. The summed E-state index contributed by atoms with van der Waals surface area (Å²) in [5.41, 5.74) is 0.988. The van der Waals surface area contributed by atoms with Crippen LogP contribution >= 0.6 is 0 Å². The fourth-order valence-electron chi connectivity index (χ4n) is 2.77. The second kappa shape index (κ2) is 5.95. The van der Waals surface area contributed by atoms with E-state index in [-0.39, 0.29) is 17.9 Å². The van der Waals surface area contributed by atoms with Crippen molar-refractivity contribution in [3.8, 4) is 0 Å².